The van der Waals surface area contributed by atoms with E-state index in [1.54, 1.807) is 6.07 Å². The Morgan fingerprint density at radius 2 is 2.22 bits per heavy atom. The van der Waals surface area contributed by atoms with Gasteiger partial charge in [0.1, 0.15) is 17.2 Å². The van der Waals surface area contributed by atoms with E-state index in [-0.39, 0.29) is 17.8 Å². The summed E-state index contributed by atoms with van der Waals surface area (Å²) in [6, 6.07) is 2.94. The van der Waals surface area contributed by atoms with Crippen LogP contribution in [0.5, 0.6) is 0 Å². The molecule has 0 spiro atoms. The molecule has 0 saturated carbocycles. The number of aromatic nitrogens is 2. The maximum absolute atomic E-state index is 13.3. The molecular weight excluding hydrogens is 233 g/mol. The third kappa shape index (κ3) is 2.20. The van der Waals surface area contributed by atoms with Gasteiger partial charge in [-0.25, -0.2) is 9.37 Å². The first-order valence-corrected chi connectivity index (χ1v) is 6.00. The highest BCUT2D eigenvalue weighted by atomic mass is 19.1. The molecule has 0 aromatic carbocycles. The van der Waals surface area contributed by atoms with E-state index in [2.05, 4.69) is 10.3 Å². The van der Waals surface area contributed by atoms with E-state index in [4.69, 9.17) is 0 Å². The molecule has 4 nitrogen and oxygen atoms in total. The van der Waals surface area contributed by atoms with Gasteiger partial charge in [-0.05, 0) is 32.4 Å². The molecular formula is C13H16FN3O. The lowest BCUT2D eigenvalue weighted by atomic mass is 10.2. The largest absolute Gasteiger partial charge is 0.349 e. The van der Waals surface area contributed by atoms with Crippen LogP contribution in [0.25, 0.3) is 5.65 Å². The Morgan fingerprint density at radius 3 is 2.83 bits per heavy atom. The highest BCUT2D eigenvalue weighted by Gasteiger charge is 2.18. The number of halogens is 1. The van der Waals surface area contributed by atoms with Crippen molar-refractivity contribution in [3.63, 3.8) is 0 Å². The number of amides is 1. The molecule has 0 saturated heterocycles. The SMILES string of the molecule is CCc1nc2ccc(F)cn2c1C(=O)NC(C)C. The van der Waals surface area contributed by atoms with Crippen molar-refractivity contribution in [3.8, 4) is 0 Å². The van der Waals surface area contributed by atoms with Crippen LogP contribution in [0.2, 0.25) is 0 Å². The van der Waals surface area contributed by atoms with Crippen LogP contribution >= 0.6 is 0 Å². The van der Waals surface area contributed by atoms with Crippen LogP contribution in [0.4, 0.5) is 4.39 Å². The van der Waals surface area contributed by atoms with Gasteiger partial charge < -0.3 is 5.32 Å². The van der Waals surface area contributed by atoms with Gasteiger partial charge in [-0.15, -0.1) is 0 Å². The lowest BCUT2D eigenvalue weighted by Gasteiger charge is -2.09. The molecule has 5 heteroatoms. The Morgan fingerprint density at radius 1 is 1.50 bits per heavy atom. The fourth-order valence-corrected chi connectivity index (χ4v) is 1.88. The minimum atomic E-state index is -0.388. The quantitative estimate of drug-likeness (QED) is 0.906. The van der Waals surface area contributed by atoms with E-state index in [1.807, 2.05) is 20.8 Å². The van der Waals surface area contributed by atoms with Crippen LogP contribution < -0.4 is 5.32 Å². The average molecular weight is 249 g/mol. The van der Waals surface area contributed by atoms with Crippen LogP contribution in [-0.4, -0.2) is 21.3 Å². The molecule has 1 N–H and O–H groups in total. The first-order chi connectivity index (χ1) is 8.52. The molecule has 2 aromatic rings. The second kappa shape index (κ2) is 4.76. The lowest BCUT2D eigenvalue weighted by molar-refractivity contribution is 0.0936. The van der Waals surface area contributed by atoms with Gasteiger partial charge in [0.25, 0.3) is 5.91 Å². The van der Waals surface area contributed by atoms with Gasteiger partial charge in [0.2, 0.25) is 0 Å². The summed E-state index contributed by atoms with van der Waals surface area (Å²) < 4.78 is 14.8. The zero-order chi connectivity index (χ0) is 13.3. The van der Waals surface area contributed by atoms with E-state index in [9.17, 15) is 9.18 Å². The number of nitrogens with one attached hydrogen (secondary N) is 1. The van der Waals surface area contributed by atoms with Gasteiger partial charge in [0.15, 0.2) is 0 Å². The molecule has 2 rings (SSSR count). The summed E-state index contributed by atoms with van der Waals surface area (Å²) in [7, 11) is 0. The summed E-state index contributed by atoms with van der Waals surface area (Å²) in [5.74, 6) is -0.610. The summed E-state index contributed by atoms with van der Waals surface area (Å²) in [5.41, 5.74) is 1.68. The number of rotatable bonds is 3. The van der Waals surface area contributed by atoms with Gasteiger partial charge in [-0.3, -0.25) is 9.20 Å². The van der Waals surface area contributed by atoms with Crippen molar-refractivity contribution in [1.29, 1.82) is 0 Å². The van der Waals surface area contributed by atoms with Crippen LogP contribution in [-0.2, 0) is 6.42 Å². The van der Waals surface area contributed by atoms with Crippen LogP contribution in [0.15, 0.2) is 18.3 Å². The monoisotopic (exact) mass is 249 g/mol. The Labute approximate surface area is 105 Å². The number of imidazole rings is 1. The van der Waals surface area contributed by atoms with Crippen molar-refractivity contribution < 1.29 is 9.18 Å². The number of carbonyl (C=O) groups excluding carboxylic acids is 1. The minimum absolute atomic E-state index is 0.0290. The minimum Gasteiger partial charge on any atom is -0.349 e. The van der Waals surface area contributed by atoms with E-state index in [0.29, 0.717) is 23.5 Å². The molecule has 0 radical (unpaired) electrons. The van der Waals surface area contributed by atoms with Crippen LogP contribution in [0.1, 0.15) is 37.0 Å². The second-order valence-electron chi connectivity index (χ2n) is 4.46. The zero-order valence-corrected chi connectivity index (χ0v) is 10.7. The molecule has 2 heterocycles. The first kappa shape index (κ1) is 12.5. The molecule has 96 valence electrons. The molecule has 1 amide bonds. The summed E-state index contributed by atoms with van der Waals surface area (Å²) in [5, 5.41) is 2.81. The Hall–Kier alpha value is -1.91. The number of aryl methyl sites for hydroxylation is 1. The fourth-order valence-electron chi connectivity index (χ4n) is 1.88. The predicted molar refractivity (Wildman–Crippen MR) is 67.1 cm³/mol. The standard InChI is InChI=1S/C13H16FN3O/c1-4-10-12(13(18)15-8(2)3)17-7-9(14)5-6-11(17)16-10/h5-8H,4H2,1-3H3,(H,15,18). The molecule has 0 atom stereocenters. The van der Waals surface area contributed by atoms with Gasteiger partial charge in [-0.2, -0.15) is 0 Å². The van der Waals surface area contributed by atoms with Crippen LogP contribution in [0.3, 0.4) is 0 Å². The molecule has 0 bridgehead atoms. The van der Waals surface area contributed by atoms with Gasteiger partial charge in [0, 0.05) is 12.2 Å². The Kier molecular flexibility index (Phi) is 3.32. The summed E-state index contributed by atoms with van der Waals surface area (Å²) in [6.07, 6.45) is 1.92. The second-order valence-corrected chi connectivity index (χ2v) is 4.46. The van der Waals surface area contributed by atoms with E-state index in [0.717, 1.165) is 0 Å². The highest BCUT2D eigenvalue weighted by molar-refractivity contribution is 5.94. The summed E-state index contributed by atoms with van der Waals surface area (Å²) >= 11 is 0. The molecule has 0 fully saturated rings. The van der Waals surface area contributed by atoms with Crippen molar-refractivity contribution in [1.82, 2.24) is 14.7 Å². The third-order valence-corrected chi connectivity index (χ3v) is 2.62. The molecule has 0 aliphatic rings. The number of nitrogens with zero attached hydrogens (tertiary/aromatic N) is 2. The van der Waals surface area contributed by atoms with Gasteiger partial charge in [0.05, 0.1) is 5.69 Å². The maximum atomic E-state index is 13.3. The van der Waals surface area contributed by atoms with Crippen molar-refractivity contribution >= 4 is 11.6 Å². The van der Waals surface area contributed by atoms with Gasteiger partial charge >= 0.3 is 0 Å². The van der Waals surface area contributed by atoms with E-state index < -0.39 is 0 Å². The van der Waals surface area contributed by atoms with E-state index in [1.165, 1.54) is 16.7 Å². The van der Waals surface area contributed by atoms with Crippen molar-refractivity contribution in [3.05, 3.63) is 35.5 Å². The number of fused-ring (bicyclic) bond motifs is 1. The van der Waals surface area contributed by atoms with Crippen molar-refractivity contribution in [2.24, 2.45) is 0 Å². The van der Waals surface area contributed by atoms with E-state index >= 15 is 0 Å². The predicted octanol–water partition coefficient (Wildman–Crippen LogP) is 2.17. The third-order valence-electron chi connectivity index (χ3n) is 2.62. The smallest absolute Gasteiger partial charge is 0.270 e. The number of hydrogen-bond donors (Lipinski definition) is 1. The molecule has 18 heavy (non-hydrogen) atoms. The highest BCUT2D eigenvalue weighted by Crippen LogP contribution is 2.14. The average Bonchev–Trinajstić information content (AvgIpc) is 2.65. The van der Waals surface area contributed by atoms with Crippen molar-refractivity contribution in [2.75, 3.05) is 0 Å². The number of carbonyl (C=O) groups is 1. The van der Waals surface area contributed by atoms with Crippen molar-refractivity contribution in [2.45, 2.75) is 33.2 Å². The maximum Gasteiger partial charge on any atom is 0.270 e. The Bertz CT molecular complexity index is 589. The normalized spacial score (nSPS) is 11.2. The summed E-state index contributed by atoms with van der Waals surface area (Å²) in [6.45, 7) is 5.69. The lowest BCUT2D eigenvalue weighted by Crippen LogP contribution is -2.31. The fraction of sp³-hybridized carbons (Fsp3) is 0.385. The zero-order valence-electron chi connectivity index (χ0n) is 10.7. The molecule has 0 unspecified atom stereocenters. The molecule has 0 aliphatic carbocycles. The van der Waals surface area contributed by atoms with Crippen LogP contribution in [0, 0.1) is 5.82 Å². The topological polar surface area (TPSA) is 46.4 Å². The first-order valence-electron chi connectivity index (χ1n) is 6.00. The van der Waals surface area contributed by atoms with Gasteiger partial charge in [-0.1, -0.05) is 6.92 Å². The number of hydrogen-bond acceptors (Lipinski definition) is 2. The molecule has 2 aromatic heterocycles. The number of pyridine rings is 1. The Balaban J connectivity index is 2.58. The molecule has 0 aliphatic heterocycles. The summed E-state index contributed by atoms with van der Waals surface area (Å²) in [4.78, 5) is 16.5.